The molecule has 116 valence electrons. The molecule has 7 nitrogen and oxygen atoms in total. The highest BCUT2D eigenvalue weighted by Crippen LogP contribution is 2.46. The maximum atomic E-state index is 10.5. The first-order chi connectivity index (χ1) is 10.6. The molecular formula is C15H18N4O3. The number of aromatic nitrogens is 3. The Bertz CT molecular complexity index is 756. The van der Waals surface area contributed by atoms with Crippen molar-refractivity contribution in [3.63, 3.8) is 0 Å². The molecule has 2 aromatic rings. The van der Waals surface area contributed by atoms with Gasteiger partial charge >= 0.3 is 0 Å². The Morgan fingerprint density at radius 2 is 2.00 bits per heavy atom. The summed E-state index contributed by atoms with van der Waals surface area (Å²) in [6.07, 6.45) is 3.92. The zero-order valence-electron chi connectivity index (χ0n) is 11.9. The molecule has 1 fully saturated rings. The first-order valence-corrected chi connectivity index (χ1v) is 7.40. The zero-order valence-corrected chi connectivity index (χ0v) is 11.9. The van der Waals surface area contributed by atoms with Crippen LogP contribution in [0.3, 0.4) is 0 Å². The third-order valence-electron chi connectivity index (χ3n) is 4.86. The van der Waals surface area contributed by atoms with Gasteiger partial charge in [-0.25, -0.2) is 9.97 Å². The van der Waals surface area contributed by atoms with Crippen LogP contribution in [0, 0.1) is 5.92 Å². The van der Waals surface area contributed by atoms with Crippen LogP contribution in [-0.4, -0.2) is 48.2 Å². The molecule has 0 amide bonds. The first-order valence-electron chi connectivity index (χ1n) is 7.40. The van der Waals surface area contributed by atoms with E-state index in [1.54, 1.807) is 12.3 Å². The monoisotopic (exact) mass is 302 g/mol. The quantitative estimate of drug-likeness (QED) is 0.550. The van der Waals surface area contributed by atoms with Crippen LogP contribution in [0.25, 0.3) is 11.0 Å². The van der Waals surface area contributed by atoms with Crippen molar-refractivity contribution >= 4 is 16.9 Å². The smallest absolute Gasteiger partial charge is 0.146 e. The number of allylic oxidation sites excluding steroid dienone is 1. The number of aliphatic hydroxyl groups excluding tert-OH is 3. The second kappa shape index (κ2) is 4.77. The Hall–Kier alpha value is -1.96. The lowest BCUT2D eigenvalue weighted by atomic mass is 9.85. The van der Waals surface area contributed by atoms with E-state index in [9.17, 15) is 15.3 Å². The molecule has 0 saturated heterocycles. The van der Waals surface area contributed by atoms with Gasteiger partial charge in [-0.15, -0.1) is 0 Å². The van der Waals surface area contributed by atoms with Crippen molar-refractivity contribution in [2.24, 2.45) is 5.92 Å². The summed E-state index contributed by atoms with van der Waals surface area (Å²) in [6.45, 7) is 0. The minimum atomic E-state index is -0.990. The van der Waals surface area contributed by atoms with Crippen molar-refractivity contribution in [2.75, 3.05) is 5.73 Å². The molecule has 2 aliphatic carbocycles. The summed E-state index contributed by atoms with van der Waals surface area (Å²) in [7, 11) is 0. The predicted octanol–water partition coefficient (Wildman–Crippen LogP) is -0.0127. The van der Waals surface area contributed by atoms with Crippen LogP contribution < -0.4 is 5.73 Å². The number of hydrogen-bond acceptors (Lipinski definition) is 6. The Labute approximate surface area is 126 Å². The molecule has 0 spiro atoms. The number of nitrogens with zero attached hydrogens (tertiary/aromatic N) is 3. The van der Waals surface area contributed by atoms with Crippen molar-refractivity contribution in [3.05, 3.63) is 30.2 Å². The SMILES string of the molecule is Nc1ncnc2c1ccn2[C@@H]1C2=CCC[C@@H](O)[C@@H]2[C@@H](O)[C@H]1O. The van der Waals surface area contributed by atoms with Crippen LogP contribution in [0.2, 0.25) is 0 Å². The number of nitrogen functional groups attached to an aromatic ring is 1. The van der Waals surface area contributed by atoms with Crippen molar-refractivity contribution in [3.8, 4) is 0 Å². The average molecular weight is 302 g/mol. The number of fused-ring (bicyclic) bond motifs is 2. The van der Waals surface area contributed by atoms with Gasteiger partial charge in [-0.2, -0.15) is 0 Å². The number of hydrogen-bond donors (Lipinski definition) is 4. The summed E-state index contributed by atoms with van der Waals surface area (Å²) < 4.78 is 1.81. The van der Waals surface area contributed by atoms with Gasteiger partial charge in [0.2, 0.25) is 0 Å². The summed E-state index contributed by atoms with van der Waals surface area (Å²) in [5.41, 5.74) is 7.34. The molecule has 2 aliphatic rings. The molecule has 4 rings (SSSR count). The molecule has 0 aromatic carbocycles. The Kier molecular flexibility index (Phi) is 2.97. The van der Waals surface area contributed by atoms with Crippen LogP contribution in [0.15, 0.2) is 30.2 Å². The van der Waals surface area contributed by atoms with Crippen LogP contribution in [0.4, 0.5) is 5.82 Å². The number of rotatable bonds is 1. The van der Waals surface area contributed by atoms with Gasteiger partial charge in [0.25, 0.3) is 0 Å². The van der Waals surface area contributed by atoms with E-state index in [0.717, 1.165) is 12.0 Å². The van der Waals surface area contributed by atoms with E-state index >= 15 is 0 Å². The van der Waals surface area contributed by atoms with Gasteiger partial charge in [-0.3, -0.25) is 0 Å². The topological polar surface area (TPSA) is 117 Å². The summed E-state index contributed by atoms with van der Waals surface area (Å²) in [5.74, 6) is -0.0450. The third-order valence-corrected chi connectivity index (χ3v) is 4.86. The molecule has 0 radical (unpaired) electrons. The fourth-order valence-electron chi connectivity index (χ4n) is 3.84. The largest absolute Gasteiger partial charge is 0.392 e. The zero-order chi connectivity index (χ0) is 15.4. The first kappa shape index (κ1) is 13.7. The predicted molar refractivity (Wildman–Crippen MR) is 79.8 cm³/mol. The third kappa shape index (κ3) is 1.73. The minimum Gasteiger partial charge on any atom is -0.392 e. The fraction of sp³-hybridized carbons (Fsp3) is 0.467. The van der Waals surface area contributed by atoms with E-state index in [1.165, 1.54) is 6.33 Å². The van der Waals surface area contributed by atoms with Gasteiger partial charge in [-0.05, 0) is 24.5 Å². The molecule has 1 saturated carbocycles. The van der Waals surface area contributed by atoms with Gasteiger partial charge < -0.3 is 25.6 Å². The molecule has 0 bridgehead atoms. The molecule has 7 heteroatoms. The van der Waals surface area contributed by atoms with Crippen molar-refractivity contribution in [1.29, 1.82) is 0 Å². The van der Waals surface area contributed by atoms with Gasteiger partial charge in [0, 0.05) is 12.1 Å². The number of aliphatic hydroxyl groups is 3. The van der Waals surface area contributed by atoms with E-state index in [0.29, 0.717) is 23.3 Å². The standard InChI is InChI=1S/C15H18N4O3/c16-14-8-4-5-19(15(8)18-6-17-14)11-7-2-1-3-9(20)10(7)12(21)13(11)22/h2,4-6,9-13,20-22H,1,3H2,(H2,16,17,18)/t9-,10-,11-,12-,13+/m1/s1. The molecule has 22 heavy (non-hydrogen) atoms. The lowest BCUT2D eigenvalue weighted by Gasteiger charge is -2.27. The lowest BCUT2D eigenvalue weighted by Crippen LogP contribution is -2.34. The van der Waals surface area contributed by atoms with Gasteiger partial charge in [0.05, 0.1) is 23.6 Å². The second-order valence-corrected chi connectivity index (χ2v) is 6.02. The summed E-state index contributed by atoms with van der Waals surface area (Å²) in [4.78, 5) is 8.21. The van der Waals surface area contributed by atoms with Gasteiger partial charge in [0.15, 0.2) is 0 Å². The van der Waals surface area contributed by atoms with E-state index < -0.39 is 30.3 Å². The molecular weight excluding hydrogens is 284 g/mol. The number of nitrogens with two attached hydrogens (primary N) is 1. The Morgan fingerprint density at radius 1 is 1.18 bits per heavy atom. The van der Waals surface area contributed by atoms with E-state index in [1.807, 2.05) is 10.6 Å². The van der Waals surface area contributed by atoms with Crippen molar-refractivity contribution < 1.29 is 15.3 Å². The highest BCUT2D eigenvalue weighted by Gasteiger charge is 2.50. The molecule has 0 unspecified atom stereocenters. The summed E-state index contributed by atoms with van der Waals surface area (Å²) in [5, 5.41) is 31.7. The van der Waals surface area contributed by atoms with E-state index in [4.69, 9.17) is 5.73 Å². The Balaban J connectivity index is 1.87. The van der Waals surface area contributed by atoms with Gasteiger partial charge in [-0.1, -0.05) is 6.08 Å². The molecule has 2 aromatic heterocycles. The number of anilines is 1. The second-order valence-electron chi connectivity index (χ2n) is 6.02. The van der Waals surface area contributed by atoms with Gasteiger partial charge in [0.1, 0.15) is 23.9 Å². The van der Waals surface area contributed by atoms with Crippen LogP contribution >= 0.6 is 0 Å². The summed E-state index contributed by atoms with van der Waals surface area (Å²) >= 11 is 0. The molecule has 5 N–H and O–H groups in total. The molecule has 5 atom stereocenters. The van der Waals surface area contributed by atoms with E-state index in [2.05, 4.69) is 9.97 Å². The van der Waals surface area contributed by atoms with Crippen molar-refractivity contribution in [1.82, 2.24) is 14.5 Å². The van der Waals surface area contributed by atoms with Crippen LogP contribution in [0.1, 0.15) is 18.9 Å². The lowest BCUT2D eigenvalue weighted by molar-refractivity contribution is -0.0257. The van der Waals surface area contributed by atoms with E-state index in [-0.39, 0.29) is 0 Å². The maximum Gasteiger partial charge on any atom is 0.146 e. The highest BCUT2D eigenvalue weighted by atomic mass is 16.3. The normalized spacial score (nSPS) is 34.7. The summed E-state index contributed by atoms with van der Waals surface area (Å²) in [6, 6.07) is 1.36. The van der Waals surface area contributed by atoms with Crippen LogP contribution in [-0.2, 0) is 0 Å². The Morgan fingerprint density at radius 3 is 2.82 bits per heavy atom. The maximum absolute atomic E-state index is 10.5. The minimum absolute atomic E-state index is 0.381. The molecule has 2 heterocycles. The molecule has 0 aliphatic heterocycles. The van der Waals surface area contributed by atoms with Crippen LogP contribution in [0.5, 0.6) is 0 Å². The highest BCUT2D eigenvalue weighted by molar-refractivity contribution is 5.86. The van der Waals surface area contributed by atoms with Crippen molar-refractivity contribution in [2.45, 2.75) is 37.2 Å². The fourth-order valence-corrected chi connectivity index (χ4v) is 3.84. The average Bonchev–Trinajstić information content (AvgIpc) is 3.02.